The van der Waals surface area contributed by atoms with Crippen LogP contribution in [0.1, 0.15) is 50.5 Å². The summed E-state index contributed by atoms with van der Waals surface area (Å²) in [7, 11) is 1.78. The SMILES string of the molecule is CO[C@H]1COC[C@@]1(C)N1CCC(c2cc3cc(NC(=O)[C@@H]4CC45CCOCC5)ncc3cc2Cl)CC1. The standard InChI is InChI=1S/C28H36ClN3O4/c1-27(17-36-16-24(27)34-2)32-7-3-18(4-8-32)21-11-19-13-25(30-15-20(19)12-23(21)29)31-26(33)22-14-28(22)5-9-35-10-6-28/h11-13,15,18,22,24H,3-10,14,16-17H2,1-2H3,(H,30,31,33)/t22-,24-,27+/m0/s1. The lowest BCUT2D eigenvalue weighted by molar-refractivity contribution is -0.118. The number of fused-ring (bicyclic) bond motifs is 1. The number of anilines is 1. The molecular weight excluding hydrogens is 478 g/mol. The first kappa shape index (κ1) is 24.6. The predicted octanol–water partition coefficient (Wildman–Crippen LogP) is 4.63. The Hall–Kier alpha value is -1.77. The van der Waals surface area contributed by atoms with E-state index >= 15 is 0 Å². The van der Waals surface area contributed by atoms with Gasteiger partial charge in [0, 0.05) is 42.8 Å². The summed E-state index contributed by atoms with van der Waals surface area (Å²) >= 11 is 6.77. The number of likely N-dealkylation sites (tertiary alicyclic amines) is 1. The predicted molar refractivity (Wildman–Crippen MR) is 140 cm³/mol. The molecule has 0 radical (unpaired) electrons. The smallest absolute Gasteiger partial charge is 0.229 e. The summed E-state index contributed by atoms with van der Waals surface area (Å²) < 4.78 is 17.0. The third-order valence-electron chi connectivity index (χ3n) is 9.38. The van der Waals surface area contributed by atoms with Crippen LogP contribution in [0.2, 0.25) is 5.02 Å². The number of nitrogens with one attached hydrogen (secondary N) is 1. The lowest BCUT2D eigenvalue weighted by atomic mass is 9.85. The highest BCUT2D eigenvalue weighted by Crippen LogP contribution is 2.59. The molecule has 36 heavy (non-hydrogen) atoms. The van der Waals surface area contributed by atoms with Gasteiger partial charge in [0.25, 0.3) is 0 Å². The molecule has 3 aliphatic heterocycles. The molecule has 0 unspecified atom stereocenters. The third kappa shape index (κ3) is 4.33. The first-order valence-electron chi connectivity index (χ1n) is 13.3. The van der Waals surface area contributed by atoms with Crippen molar-refractivity contribution in [1.29, 1.82) is 0 Å². The summed E-state index contributed by atoms with van der Waals surface area (Å²) in [5.74, 6) is 1.18. The minimum absolute atomic E-state index is 0.0730. The number of halogens is 1. The van der Waals surface area contributed by atoms with Gasteiger partial charge < -0.3 is 19.5 Å². The molecule has 1 amide bonds. The highest BCUT2D eigenvalue weighted by Gasteiger charge is 2.58. The zero-order chi connectivity index (χ0) is 24.9. The van der Waals surface area contributed by atoms with E-state index < -0.39 is 0 Å². The number of methoxy groups -OCH3 is 1. The van der Waals surface area contributed by atoms with Crippen LogP contribution in [0.25, 0.3) is 10.8 Å². The van der Waals surface area contributed by atoms with E-state index in [4.69, 9.17) is 25.8 Å². The Labute approximate surface area is 217 Å². The van der Waals surface area contributed by atoms with E-state index in [-0.39, 0.29) is 28.9 Å². The maximum absolute atomic E-state index is 12.9. The Balaban J connectivity index is 1.15. The number of piperidine rings is 1. The van der Waals surface area contributed by atoms with Gasteiger partial charge in [0.05, 0.1) is 18.8 Å². The van der Waals surface area contributed by atoms with Gasteiger partial charge in [-0.2, -0.15) is 0 Å². The molecule has 4 aliphatic rings. The summed E-state index contributed by atoms with van der Waals surface area (Å²) in [6, 6.07) is 6.20. The molecule has 1 aromatic carbocycles. The van der Waals surface area contributed by atoms with Gasteiger partial charge in [-0.3, -0.25) is 9.69 Å². The Morgan fingerprint density at radius 1 is 1.17 bits per heavy atom. The number of carbonyl (C=O) groups is 1. The maximum atomic E-state index is 12.9. The fourth-order valence-electron chi connectivity index (χ4n) is 6.79. The second-order valence-electron chi connectivity index (χ2n) is 11.4. The van der Waals surface area contributed by atoms with Crippen molar-refractivity contribution < 1.29 is 19.0 Å². The monoisotopic (exact) mass is 513 g/mol. The summed E-state index contributed by atoms with van der Waals surface area (Å²) in [5, 5.41) is 5.93. The highest BCUT2D eigenvalue weighted by molar-refractivity contribution is 6.32. The first-order valence-corrected chi connectivity index (χ1v) is 13.6. The zero-order valence-electron chi connectivity index (χ0n) is 21.2. The number of ether oxygens (including phenoxy) is 3. The number of carbonyl (C=O) groups excluding carboxylic acids is 1. The highest BCUT2D eigenvalue weighted by atomic mass is 35.5. The van der Waals surface area contributed by atoms with Crippen molar-refractivity contribution >= 4 is 34.1 Å². The Kier molecular flexibility index (Phi) is 6.49. The van der Waals surface area contributed by atoms with Crippen molar-refractivity contribution in [2.24, 2.45) is 11.3 Å². The van der Waals surface area contributed by atoms with Gasteiger partial charge in [-0.05, 0) is 92.6 Å². The van der Waals surface area contributed by atoms with Gasteiger partial charge >= 0.3 is 0 Å². The average molecular weight is 514 g/mol. The fourth-order valence-corrected chi connectivity index (χ4v) is 7.12. The van der Waals surface area contributed by atoms with Crippen LogP contribution < -0.4 is 5.32 Å². The lowest BCUT2D eigenvalue weighted by Crippen LogP contribution is -2.57. The molecule has 7 nitrogen and oxygen atoms in total. The Morgan fingerprint density at radius 2 is 1.94 bits per heavy atom. The number of aromatic nitrogens is 1. The average Bonchev–Trinajstić information content (AvgIpc) is 3.44. The van der Waals surface area contributed by atoms with Crippen LogP contribution in [-0.4, -0.2) is 74.1 Å². The third-order valence-corrected chi connectivity index (χ3v) is 9.71. The lowest BCUT2D eigenvalue weighted by Gasteiger charge is -2.44. The van der Waals surface area contributed by atoms with Gasteiger partial charge in [0.1, 0.15) is 11.9 Å². The van der Waals surface area contributed by atoms with Crippen LogP contribution >= 0.6 is 11.6 Å². The molecular formula is C28H36ClN3O4. The number of amides is 1. The van der Waals surface area contributed by atoms with Crippen LogP contribution in [-0.2, 0) is 19.0 Å². The summed E-state index contributed by atoms with van der Waals surface area (Å²) in [4.78, 5) is 20.0. The topological polar surface area (TPSA) is 72.9 Å². The van der Waals surface area contributed by atoms with Crippen LogP contribution in [0.5, 0.6) is 0 Å². The van der Waals surface area contributed by atoms with Crippen molar-refractivity contribution in [2.45, 2.75) is 56.6 Å². The van der Waals surface area contributed by atoms with Gasteiger partial charge in [0.15, 0.2) is 0 Å². The van der Waals surface area contributed by atoms with E-state index in [0.717, 1.165) is 74.2 Å². The molecule has 2 aromatic rings. The fraction of sp³-hybridized carbons (Fsp3) is 0.643. The molecule has 1 saturated carbocycles. The van der Waals surface area contributed by atoms with Gasteiger partial charge in [-0.25, -0.2) is 4.98 Å². The number of benzene rings is 1. The quantitative estimate of drug-likeness (QED) is 0.628. The molecule has 1 aliphatic carbocycles. The molecule has 1 spiro atoms. The Morgan fingerprint density at radius 3 is 2.69 bits per heavy atom. The minimum atomic E-state index is -0.0730. The largest absolute Gasteiger partial charge is 0.381 e. The van der Waals surface area contributed by atoms with Crippen molar-refractivity contribution in [3.05, 3.63) is 35.0 Å². The van der Waals surface area contributed by atoms with Gasteiger partial charge in [-0.1, -0.05) is 11.6 Å². The maximum Gasteiger partial charge on any atom is 0.229 e. The second kappa shape index (κ2) is 9.52. The van der Waals surface area contributed by atoms with Crippen molar-refractivity contribution in [2.75, 3.05) is 51.9 Å². The van der Waals surface area contributed by atoms with Crippen molar-refractivity contribution in [3.8, 4) is 0 Å². The van der Waals surface area contributed by atoms with E-state index in [1.165, 1.54) is 5.56 Å². The summed E-state index contributed by atoms with van der Waals surface area (Å²) in [6.45, 7) is 7.14. The van der Waals surface area contributed by atoms with Crippen LogP contribution in [0.15, 0.2) is 24.4 Å². The van der Waals surface area contributed by atoms with Crippen molar-refractivity contribution in [3.63, 3.8) is 0 Å². The van der Waals surface area contributed by atoms with E-state index in [1.54, 1.807) is 7.11 Å². The number of hydrogen-bond donors (Lipinski definition) is 1. The van der Waals surface area contributed by atoms with Crippen LogP contribution in [0.4, 0.5) is 5.82 Å². The zero-order valence-corrected chi connectivity index (χ0v) is 22.0. The van der Waals surface area contributed by atoms with Gasteiger partial charge in [-0.15, -0.1) is 0 Å². The van der Waals surface area contributed by atoms with E-state index in [9.17, 15) is 4.79 Å². The Bertz CT molecular complexity index is 1150. The van der Waals surface area contributed by atoms with Crippen LogP contribution in [0.3, 0.4) is 0 Å². The van der Waals surface area contributed by atoms with E-state index in [1.807, 2.05) is 18.3 Å². The summed E-state index contributed by atoms with van der Waals surface area (Å²) in [5.41, 5.74) is 1.27. The van der Waals surface area contributed by atoms with Crippen LogP contribution in [0, 0.1) is 11.3 Å². The summed E-state index contributed by atoms with van der Waals surface area (Å²) in [6.07, 6.45) is 6.93. The second-order valence-corrected chi connectivity index (χ2v) is 11.8. The molecule has 194 valence electrons. The molecule has 1 N–H and O–H groups in total. The minimum Gasteiger partial charge on any atom is -0.381 e. The molecule has 4 heterocycles. The molecule has 8 heteroatoms. The van der Waals surface area contributed by atoms with E-state index in [0.29, 0.717) is 24.9 Å². The molecule has 4 fully saturated rings. The molecule has 3 saturated heterocycles. The molecule has 3 atom stereocenters. The number of hydrogen-bond acceptors (Lipinski definition) is 6. The molecule has 6 rings (SSSR count). The normalized spacial score (nSPS) is 30.6. The number of nitrogens with zero attached hydrogens (tertiary/aromatic N) is 2. The number of rotatable bonds is 5. The van der Waals surface area contributed by atoms with Gasteiger partial charge in [0.2, 0.25) is 5.91 Å². The number of pyridine rings is 1. The first-order chi connectivity index (χ1) is 17.4. The van der Waals surface area contributed by atoms with Crippen molar-refractivity contribution in [1.82, 2.24) is 9.88 Å². The van der Waals surface area contributed by atoms with E-state index in [2.05, 4.69) is 28.2 Å². The molecule has 0 bridgehead atoms. The molecule has 1 aromatic heterocycles.